The van der Waals surface area contributed by atoms with E-state index in [1.165, 1.54) is 6.92 Å². The molecule has 0 aromatic rings. The van der Waals surface area contributed by atoms with Gasteiger partial charge in [0.15, 0.2) is 20.9 Å². The van der Waals surface area contributed by atoms with Gasteiger partial charge in [0.1, 0.15) is 12.7 Å². The molecule has 2 aliphatic heterocycles. The van der Waals surface area contributed by atoms with Gasteiger partial charge in [0, 0.05) is 17.8 Å². The molecule has 39 heavy (non-hydrogen) atoms. The van der Waals surface area contributed by atoms with E-state index in [4.69, 9.17) is 33.0 Å². The molecule has 12 heteroatoms. The summed E-state index contributed by atoms with van der Waals surface area (Å²) >= 11 is 0. The first kappa shape index (κ1) is 35.2. The van der Waals surface area contributed by atoms with Crippen LogP contribution in [0.5, 0.6) is 0 Å². The van der Waals surface area contributed by atoms with E-state index in [1.807, 2.05) is 6.92 Å². The summed E-state index contributed by atoms with van der Waals surface area (Å²) in [5, 5.41) is 4.05. The van der Waals surface area contributed by atoms with Gasteiger partial charge in [0.2, 0.25) is 0 Å². The van der Waals surface area contributed by atoms with E-state index in [2.05, 4.69) is 78.5 Å². The summed E-state index contributed by atoms with van der Waals surface area (Å²) in [4.78, 5) is 31.1. The monoisotopic (exact) mass is 571 g/mol. The number of azide groups is 1. The number of carbonyl (C=O) groups excluding carboxylic acids is 3. The Morgan fingerprint density at radius 2 is 1.59 bits per heavy atom. The molecule has 0 amide bonds. The van der Waals surface area contributed by atoms with Crippen molar-refractivity contribution in [2.45, 2.75) is 124 Å². The fraction of sp³-hybridized carbons (Fsp3) is 0.926. The van der Waals surface area contributed by atoms with Crippen LogP contribution in [0.15, 0.2) is 5.11 Å². The Hall–Kier alpha value is -1.78. The van der Waals surface area contributed by atoms with Crippen molar-refractivity contribution in [3.8, 4) is 0 Å². The lowest BCUT2D eigenvalue weighted by Crippen LogP contribution is -2.60. The van der Waals surface area contributed by atoms with Gasteiger partial charge < -0.3 is 23.4 Å². The maximum Gasteiger partial charge on any atom is 0.373 e. The number of carbonyl (C=O) groups is 1. The van der Waals surface area contributed by atoms with Crippen LogP contribution in [0.4, 0.5) is 0 Å². The molecule has 0 aromatic carbocycles. The number of esters is 1. The first-order valence-electron chi connectivity index (χ1n) is 13.8. The van der Waals surface area contributed by atoms with E-state index in [9.17, 15) is 10.3 Å². The van der Waals surface area contributed by atoms with Gasteiger partial charge in [0.25, 0.3) is 0 Å². The van der Waals surface area contributed by atoms with E-state index in [1.54, 1.807) is 0 Å². The standard InChI is InChI=1S/C26H49N3O6Si.CO2/c1-14(2)26(9,10)36(11,12)35-25-22(28-29-27)18(6)23(21(33-25)13-31-20(8)30)34-24-17(5)15(3)16(4)19(7)32-24;2-1-3/h14-19,21-25H,13H2,1-12H3;/t15-,16-,17?,18+,19?,21?,22?,23-,24-,25-;/m0./s1. The van der Waals surface area contributed by atoms with E-state index in [0.29, 0.717) is 17.8 Å². The maximum absolute atomic E-state index is 11.7. The van der Waals surface area contributed by atoms with Crippen LogP contribution in [0, 0.1) is 29.6 Å². The average molecular weight is 572 g/mol. The van der Waals surface area contributed by atoms with Crippen LogP contribution >= 0.6 is 0 Å². The van der Waals surface area contributed by atoms with Crippen LogP contribution in [-0.4, -0.2) is 64.0 Å². The molecular weight excluding hydrogens is 522 g/mol. The molecule has 2 aliphatic rings. The van der Waals surface area contributed by atoms with Crippen LogP contribution in [0.3, 0.4) is 0 Å². The Morgan fingerprint density at radius 1 is 1.03 bits per heavy atom. The lowest BCUT2D eigenvalue weighted by Gasteiger charge is -2.51. The van der Waals surface area contributed by atoms with Crippen LogP contribution in [0.1, 0.15) is 69.2 Å². The molecule has 0 N–H and O–H groups in total. The summed E-state index contributed by atoms with van der Waals surface area (Å²) in [7, 11) is -2.34. The third-order valence-corrected chi connectivity index (χ3v) is 14.0. The zero-order valence-electron chi connectivity index (χ0n) is 25.7. The van der Waals surface area contributed by atoms with E-state index in [-0.39, 0.29) is 35.7 Å². The molecule has 2 fully saturated rings. The van der Waals surface area contributed by atoms with Crippen molar-refractivity contribution in [2.75, 3.05) is 6.61 Å². The molecule has 0 saturated carbocycles. The fourth-order valence-corrected chi connectivity index (χ4v) is 7.50. The Kier molecular flexibility index (Phi) is 13.3. The molecule has 0 aliphatic carbocycles. The van der Waals surface area contributed by atoms with Crippen molar-refractivity contribution in [3.63, 3.8) is 0 Å². The number of ether oxygens (including phenoxy) is 4. The van der Waals surface area contributed by atoms with Crippen molar-refractivity contribution >= 4 is 20.4 Å². The molecule has 0 aromatic heterocycles. The second-order valence-electron chi connectivity index (χ2n) is 12.4. The predicted octanol–water partition coefficient (Wildman–Crippen LogP) is 5.70. The van der Waals surface area contributed by atoms with Gasteiger partial charge in [-0.1, -0.05) is 60.5 Å². The first-order valence-corrected chi connectivity index (χ1v) is 16.7. The van der Waals surface area contributed by atoms with E-state index in [0.717, 1.165) is 0 Å². The lowest BCUT2D eigenvalue weighted by molar-refractivity contribution is -0.309. The highest BCUT2D eigenvalue weighted by atomic mass is 28.4. The number of hydrogen-bond acceptors (Lipinski definition) is 9. The largest absolute Gasteiger partial charge is 0.463 e. The highest BCUT2D eigenvalue weighted by Gasteiger charge is 2.52. The normalized spacial score (nSPS) is 35.2. The van der Waals surface area contributed by atoms with Gasteiger partial charge in [0.05, 0.1) is 18.2 Å². The molecule has 224 valence electrons. The van der Waals surface area contributed by atoms with Gasteiger partial charge >= 0.3 is 12.1 Å². The third-order valence-electron chi connectivity index (χ3n) is 9.52. The Morgan fingerprint density at radius 3 is 2.08 bits per heavy atom. The molecule has 2 heterocycles. The summed E-state index contributed by atoms with van der Waals surface area (Å²) in [5.74, 6) is 0.702. The number of rotatable bonds is 9. The minimum absolute atomic E-state index is 0.0192. The second kappa shape index (κ2) is 14.7. The smallest absolute Gasteiger partial charge is 0.373 e. The molecule has 10 atom stereocenters. The molecule has 0 bridgehead atoms. The van der Waals surface area contributed by atoms with Gasteiger partial charge in [-0.25, -0.2) is 0 Å². The molecule has 2 rings (SSSR count). The van der Waals surface area contributed by atoms with Crippen LogP contribution in [0.2, 0.25) is 18.1 Å². The summed E-state index contributed by atoms with van der Waals surface area (Å²) in [6.07, 6.45) is -2.02. The van der Waals surface area contributed by atoms with E-state index >= 15 is 0 Å². The highest BCUT2D eigenvalue weighted by Crippen LogP contribution is 2.47. The predicted molar refractivity (Wildman–Crippen MR) is 147 cm³/mol. The van der Waals surface area contributed by atoms with Crippen molar-refractivity contribution in [1.29, 1.82) is 0 Å². The Balaban J connectivity index is 0.00000242. The fourth-order valence-electron chi connectivity index (χ4n) is 5.03. The van der Waals surface area contributed by atoms with Crippen LogP contribution in [0.25, 0.3) is 10.4 Å². The number of nitrogens with zero attached hydrogens (tertiary/aromatic N) is 3. The molecule has 0 spiro atoms. The minimum atomic E-state index is -2.34. The second-order valence-corrected chi connectivity index (χ2v) is 16.9. The summed E-state index contributed by atoms with van der Waals surface area (Å²) in [6, 6.07) is -0.601. The summed E-state index contributed by atoms with van der Waals surface area (Å²) in [6.45, 7) is 25.1. The Bertz CT molecular complexity index is 888. The van der Waals surface area contributed by atoms with Gasteiger partial charge in [-0.15, -0.1) is 0 Å². The SMILES string of the molecule is CC(=O)OCC1O[C@@H](O[Si](C)(C)C(C)(C)C(C)C)C(N=[N+]=[N-])[C@@H](C)[C@@H]1O[C@@H]1OC(C)[C@@H](C)[C@H](C)C1C.O=C=O. The lowest BCUT2D eigenvalue weighted by atomic mass is 9.79. The molecular formula is C27H49N3O8Si. The Labute approximate surface area is 234 Å². The average Bonchev–Trinajstić information content (AvgIpc) is 2.83. The summed E-state index contributed by atoms with van der Waals surface area (Å²) < 4.78 is 31.4. The first-order chi connectivity index (χ1) is 18.0. The van der Waals surface area contributed by atoms with Crippen molar-refractivity contribution in [2.24, 2.45) is 34.7 Å². The van der Waals surface area contributed by atoms with Gasteiger partial charge in [-0.3, -0.25) is 4.79 Å². The molecule has 11 nitrogen and oxygen atoms in total. The van der Waals surface area contributed by atoms with Gasteiger partial charge in [-0.05, 0) is 54.3 Å². The molecule has 4 unspecified atom stereocenters. The zero-order chi connectivity index (χ0) is 30.3. The highest BCUT2D eigenvalue weighted by molar-refractivity contribution is 6.74. The van der Waals surface area contributed by atoms with Crippen LogP contribution in [-0.2, 0) is 37.8 Å². The number of hydrogen-bond donors (Lipinski definition) is 0. The molecule has 0 radical (unpaired) electrons. The van der Waals surface area contributed by atoms with Crippen LogP contribution < -0.4 is 0 Å². The molecule has 2 saturated heterocycles. The van der Waals surface area contributed by atoms with Gasteiger partial charge in [-0.2, -0.15) is 9.59 Å². The minimum Gasteiger partial charge on any atom is -0.463 e. The van der Waals surface area contributed by atoms with Crippen molar-refractivity contribution in [1.82, 2.24) is 0 Å². The summed E-state index contributed by atoms with van der Waals surface area (Å²) in [5.41, 5.74) is 9.41. The quantitative estimate of drug-likeness (QED) is 0.113. The zero-order valence-corrected chi connectivity index (χ0v) is 26.7. The van der Waals surface area contributed by atoms with E-state index < -0.39 is 45.1 Å². The third kappa shape index (κ3) is 8.60. The van der Waals surface area contributed by atoms with Crippen molar-refractivity contribution < 1.29 is 37.8 Å². The maximum atomic E-state index is 11.7. The van der Waals surface area contributed by atoms with Crippen molar-refractivity contribution in [3.05, 3.63) is 10.4 Å². The topological polar surface area (TPSA) is 146 Å².